The van der Waals surface area contributed by atoms with Gasteiger partial charge in [-0.1, -0.05) is 12.8 Å². The van der Waals surface area contributed by atoms with E-state index in [1.807, 2.05) is 0 Å². The standard InChI is InChI=1S/C14H20O3/c1-3-4-8-11-9-6-5-7-10-12(15)13(11)14(16)17-2/h1,11,13H,4-10H2,2H3. The lowest BCUT2D eigenvalue weighted by atomic mass is 9.78. The molecular weight excluding hydrogens is 216 g/mol. The van der Waals surface area contributed by atoms with Crippen LogP contribution in [0.2, 0.25) is 0 Å². The van der Waals surface area contributed by atoms with Crippen molar-refractivity contribution in [3.8, 4) is 12.3 Å². The monoisotopic (exact) mass is 236 g/mol. The third-order valence-corrected chi connectivity index (χ3v) is 3.43. The van der Waals surface area contributed by atoms with E-state index < -0.39 is 5.92 Å². The zero-order valence-electron chi connectivity index (χ0n) is 10.4. The molecule has 0 amide bonds. The van der Waals surface area contributed by atoms with Crippen LogP contribution in [0.4, 0.5) is 0 Å². The zero-order chi connectivity index (χ0) is 12.7. The number of ketones is 1. The van der Waals surface area contributed by atoms with E-state index in [-0.39, 0.29) is 17.7 Å². The summed E-state index contributed by atoms with van der Waals surface area (Å²) in [7, 11) is 1.34. The second-order valence-electron chi connectivity index (χ2n) is 4.57. The van der Waals surface area contributed by atoms with Crippen LogP contribution in [0.5, 0.6) is 0 Å². The molecule has 1 saturated carbocycles. The minimum Gasteiger partial charge on any atom is -0.468 e. The van der Waals surface area contributed by atoms with Gasteiger partial charge in [0.05, 0.1) is 7.11 Å². The highest BCUT2D eigenvalue weighted by Crippen LogP contribution is 2.30. The lowest BCUT2D eigenvalue weighted by Crippen LogP contribution is -2.33. The SMILES string of the molecule is C#CCCC1CCCCCC(=O)C1C(=O)OC. The number of hydrogen-bond acceptors (Lipinski definition) is 3. The number of esters is 1. The van der Waals surface area contributed by atoms with Gasteiger partial charge in [-0.05, 0) is 25.2 Å². The fraction of sp³-hybridized carbons (Fsp3) is 0.714. The normalized spacial score (nSPS) is 25.5. The van der Waals surface area contributed by atoms with E-state index in [0.29, 0.717) is 12.8 Å². The number of carbonyl (C=O) groups excluding carboxylic acids is 2. The minimum absolute atomic E-state index is 0.0265. The molecular formula is C14H20O3. The molecule has 0 saturated heterocycles. The zero-order valence-corrected chi connectivity index (χ0v) is 10.4. The molecule has 0 aromatic carbocycles. The van der Waals surface area contributed by atoms with Crippen molar-refractivity contribution < 1.29 is 14.3 Å². The largest absolute Gasteiger partial charge is 0.468 e. The molecule has 0 aromatic heterocycles. The van der Waals surface area contributed by atoms with Gasteiger partial charge in [0.2, 0.25) is 0 Å². The Hall–Kier alpha value is -1.30. The van der Waals surface area contributed by atoms with E-state index in [1.54, 1.807) is 0 Å². The molecule has 0 bridgehead atoms. The van der Waals surface area contributed by atoms with Crippen molar-refractivity contribution >= 4 is 11.8 Å². The quantitative estimate of drug-likeness (QED) is 0.429. The second-order valence-corrected chi connectivity index (χ2v) is 4.57. The van der Waals surface area contributed by atoms with Crippen LogP contribution in [0.1, 0.15) is 44.9 Å². The van der Waals surface area contributed by atoms with Crippen molar-refractivity contribution in [3.63, 3.8) is 0 Å². The van der Waals surface area contributed by atoms with Gasteiger partial charge < -0.3 is 4.74 Å². The molecule has 2 atom stereocenters. The Morgan fingerprint density at radius 2 is 2.24 bits per heavy atom. The summed E-state index contributed by atoms with van der Waals surface area (Å²) in [4.78, 5) is 23.7. The van der Waals surface area contributed by atoms with Crippen molar-refractivity contribution in [1.82, 2.24) is 0 Å². The lowest BCUT2D eigenvalue weighted by Gasteiger charge is -2.25. The molecule has 0 aliphatic heterocycles. The fourth-order valence-corrected chi connectivity index (χ4v) is 2.50. The van der Waals surface area contributed by atoms with Gasteiger partial charge >= 0.3 is 5.97 Å². The molecule has 0 radical (unpaired) electrons. The molecule has 1 fully saturated rings. The van der Waals surface area contributed by atoms with Gasteiger partial charge in [0.25, 0.3) is 0 Å². The fourth-order valence-electron chi connectivity index (χ4n) is 2.50. The van der Waals surface area contributed by atoms with Crippen LogP contribution >= 0.6 is 0 Å². The highest BCUT2D eigenvalue weighted by molar-refractivity contribution is 5.99. The van der Waals surface area contributed by atoms with E-state index in [0.717, 1.165) is 32.1 Å². The van der Waals surface area contributed by atoms with E-state index in [1.165, 1.54) is 7.11 Å². The number of ether oxygens (including phenoxy) is 1. The van der Waals surface area contributed by atoms with Crippen LogP contribution < -0.4 is 0 Å². The van der Waals surface area contributed by atoms with Crippen LogP contribution in [0.15, 0.2) is 0 Å². The number of hydrogen-bond donors (Lipinski definition) is 0. The average Bonchev–Trinajstić information content (AvgIpc) is 2.31. The molecule has 1 aliphatic carbocycles. The van der Waals surface area contributed by atoms with Crippen molar-refractivity contribution in [1.29, 1.82) is 0 Å². The minimum atomic E-state index is -0.589. The molecule has 0 heterocycles. The Bertz CT molecular complexity index is 314. The Labute approximate surface area is 103 Å². The third kappa shape index (κ3) is 3.89. The molecule has 2 unspecified atom stereocenters. The highest BCUT2D eigenvalue weighted by Gasteiger charge is 2.35. The Morgan fingerprint density at radius 3 is 2.88 bits per heavy atom. The van der Waals surface area contributed by atoms with Crippen molar-refractivity contribution in [3.05, 3.63) is 0 Å². The molecule has 0 aromatic rings. The summed E-state index contributed by atoms with van der Waals surface area (Å²) in [6, 6.07) is 0. The molecule has 3 heteroatoms. The van der Waals surface area contributed by atoms with Gasteiger partial charge in [-0.2, -0.15) is 0 Å². The summed E-state index contributed by atoms with van der Waals surface area (Å²) in [5.74, 6) is 1.69. The Kier molecular flexibility index (Phi) is 5.76. The summed E-state index contributed by atoms with van der Waals surface area (Å²) in [6.07, 6.45) is 11.0. The Balaban J connectivity index is 2.79. The number of Topliss-reactive ketones (excluding diaryl/α,β-unsaturated/α-hetero) is 1. The number of methoxy groups -OCH3 is 1. The maximum absolute atomic E-state index is 12.0. The predicted molar refractivity (Wildman–Crippen MR) is 65.2 cm³/mol. The van der Waals surface area contributed by atoms with Gasteiger partial charge in [-0.3, -0.25) is 9.59 Å². The lowest BCUT2D eigenvalue weighted by molar-refractivity contribution is -0.152. The highest BCUT2D eigenvalue weighted by atomic mass is 16.5. The van der Waals surface area contributed by atoms with Gasteiger partial charge in [-0.25, -0.2) is 0 Å². The molecule has 94 valence electrons. The smallest absolute Gasteiger partial charge is 0.316 e. The first kappa shape index (κ1) is 13.8. The van der Waals surface area contributed by atoms with E-state index >= 15 is 0 Å². The summed E-state index contributed by atoms with van der Waals surface area (Å²) in [5, 5.41) is 0. The number of carbonyl (C=O) groups is 2. The molecule has 0 spiro atoms. The van der Waals surface area contributed by atoms with Crippen molar-refractivity contribution in [2.24, 2.45) is 11.8 Å². The van der Waals surface area contributed by atoms with E-state index in [4.69, 9.17) is 11.2 Å². The van der Waals surface area contributed by atoms with Crippen LogP contribution in [0, 0.1) is 24.2 Å². The molecule has 0 N–H and O–H groups in total. The molecule has 17 heavy (non-hydrogen) atoms. The molecule has 3 nitrogen and oxygen atoms in total. The maximum Gasteiger partial charge on any atom is 0.316 e. The molecule has 1 aliphatic rings. The van der Waals surface area contributed by atoms with Crippen LogP contribution in [-0.2, 0) is 14.3 Å². The predicted octanol–water partition coefficient (Wildman–Crippen LogP) is 2.34. The van der Waals surface area contributed by atoms with Crippen LogP contribution in [0.25, 0.3) is 0 Å². The van der Waals surface area contributed by atoms with E-state index in [9.17, 15) is 9.59 Å². The van der Waals surface area contributed by atoms with E-state index in [2.05, 4.69) is 5.92 Å². The summed E-state index contributed by atoms with van der Waals surface area (Å²) < 4.78 is 4.76. The Morgan fingerprint density at radius 1 is 1.47 bits per heavy atom. The van der Waals surface area contributed by atoms with Gasteiger partial charge in [0.1, 0.15) is 11.7 Å². The summed E-state index contributed by atoms with van der Waals surface area (Å²) in [5.41, 5.74) is 0. The second kappa shape index (κ2) is 7.11. The number of terminal acetylenes is 1. The average molecular weight is 236 g/mol. The van der Waals surface area contributed by atoms with Gasteiger partial charge in [0.15, 0.2) is 0 Å². The van der Waals surface area contributed by atoms with Crippen LogP contribution in [-0.4, -0.2) is 18.9 Å². The van der Waals surface area contributed by atoms with Gasteiger partial charge in [0, 0.05) is 12.8 Å². The van der Waals surface area contributed by atoms with Crippen LogP contribution in [0.3, 0.4) is 0 Å². The van der Waals surface area contributed by atoms with Crippen molar-refractivity contribution in [2.45, 2.75) is 44.9 Å². The van der Waals surface area contributed by atoms with Gasteiger partial charge in [-0.15, -0.1) is 12.3 Å². The van der Waals surface area contributed by atoms with Crippen molar-refractivity contribution in [2.75, 3.05) is 7.11 Å². The topological polar surface area (TPSA) is 43.4 Å². The maximum atomic E-state index is 12.0. The first-order valence-electron chi connectivity index (χ1n) is 6.24. The number of rotatable bonds is 3. The first-order valence-corrected chi connectivity index (χ1v) is 6.24. The first-order chi connectivity index (χ1) is 8.20. The molecule has 1 rings (SSSR count). The summed E-state index contributed by atoms with van der Waals surface area (Å²) >= 11 is 0. The summed E-state index contributed by atoms with van der Waals surface area (Å²) in [6.45, 7) is 0. The third-order valence-electron chi connectivity index (χ3n) is 3.43.